The lowest BCUT2D eigenvalue weighted by Crippen LogP contribution is -2.41. The zero-order chi connectivity index (χ0) is 16.2. The van der Waals surface area contributed by atoms with Crippen molar-refractivity contribution in [3.05, 3.63) is 28.0 Å². The molecule has 0 aromatic heterocycles. The molecule has 0 spiro atoms. The molecule has 1 unspecified atom stereocenters. The maximum absolute atomic E-state index is 14.2. The van der Waals surface area contributed by atoms with E-state index < -0.39 is 26.8 Å². The van der Waals surface area contributed by atoms with Gasteiger partial charge in [0.15, 0.2) is 0 Å². The quantitative estimate of drug-likeness (QED) is 0.755. The fraction of sp³-hybridized carbons (Fsp3) is 0.538. The minimum absolute atomic E-state index is 0.00363. The van der Waals surface area contributed by atoms with Crippen LogP contribution in [0.2, 0.25) is 0 Å². The van der Waals surface area contributed by atoms with E-state index in [4.69, 9.17) is 10.5 Å². The second-order valence-electron chi connectivity index (χ2n) is 5.01. The normalized spacial score (nSPS) is 13.7. The second kappa shape index (κ2) is 7.64. The van der Waals surface area contributed by atoms with Crippen LogP contribution in [0.4, 0.5) is 4.39 Å². The van der Waals surface area contributed by atoms with E-state index in [2.05, 4.69) is 20.7 Å². The first-order chi connectivity index (χ1) is 9.72. The van der Waals surface area contributed by atoms with E-state index in [1.807, 2.05) is 13.8 Å². The number of halogens is 2. The molecule has 0 aliphatic heterocycles. The Morgan fingerprint density at radius 3 is 2.52 bits per heavy atom. The first kappa shape index (κ1) is 18.5. The van der Waals surface area contributed by atoms with Gasteiger partial charge in [0.25, 0.3) is 0 Å². The monoisotopic (exact) mass is 382 g/mol. The molecule has 1 atom stereocenters. The Balaban J connectivity index is 3.21. The first-order valence-electron chi connectivity index (χ1n) is 6.42. The van der Waals surface area contributed by atoms with Crippen molar-refractivity contribution < 1.29 is 17.5 Å². The molecule has 21 heavy (non-hydrogen) atoms. The standard InChI is InChI=1S/C13H20BrFN2O3S/c1-8(2)11(7-20-3)17-21(18,19)12-5-10(14)4-9(6-16)13(12)15/h4-5,8,11,17H,6-7,16H2,1-3H3. The number of sulfonamides is 1. The summed E-state index contributed by atoms with van der Waals surface area (Å²) in [5.41, 5.74) is 5.57. The number of hydrogen-bond donors (Lipinski definition) is 2. The van der Waals surface area contributed by atoms with E-state index >= 15 is 0 Å². The van der Waals surface area contributed by atoms with Crippen molar-refractivity contribution in [1.29, 1.82) is 0 Å². The van der Waals surface area contributed by atoms with Gasteiger partial charge in [-0.25, -0.2) is 17.5 Å². The predicted octanol–water partition coefficient (Wildman–Crippen LogP) is 2.00. The summed E-state index contributed by atoms with van der Waals surface area (Å²) in [6, 6.07) is 2.24. The minimum atomic E-state index is -4.00. The second-order valence-corrected chi connectivity index (χ2v) is 7.61. The Bertz CT molecular complexity index is 593. The number of rotatable bonds is 7. The van der Waals surface area contributed by atoms with Gasteiger partial charge in [-0.2, -0.15) is 0 Å². The zero-order valence-electron chi connectivity index (χ0n) is 12.2. The van der Waals surface area contributed by atoms with Gasteiger partial charge < -0.3 is 10.5 Å². The fourth-order valence-corrected chi connectivity index (χ4v) is 3.94. The lowest BCUT2D eigenvalue weighted by molar-refractivity contribution is 0.157. The molecule has 120 valence electrons. The van der Waals surface area contributed by atoms with Crippen molar-refractivity contribution >= 4 is 26.0 Å². The van der Waals surface area contributed by atoms with Crippen molar-refractivity contribution in [2.75, 3.05) is 13.7 Å². The van der Waals surface area contributed by atoms with Gasteiger partial charge in [-0.1, -0.05) is 29.8 Å². The average Bonchev–Trinajstić information content (AvgIpc) is 2.40. The summed E-state index contributed by atoms with van der Waals surface area (Å²) in [7, 11) is -2.52. The van der Waals surface area contributed by atoms with Crippen molar-refractivity contribution in [2.45, 2.75) is 31.3 Å². The average molecular weight is 383 g/mol. The van der Waals surface area contributed by atoms with Crippen LogP contribution in [0.15, 0.2) is 21.5 Å². The van der Waals surface area contributed by atoms with Crippen molar-refractivity contribution in [3.8, 4) is 0 Å². The smallest absolute Gasteiger partial charge is 0.243 e. The summed E-state index contributed by atoms with van der Waals surface area (Å²) in [4.78, 5) is -0.418. The summed E-state index contributed by atoms with van der Waals surface area (Å²) >= 11 is 3.17. The molecule has 0 radical (unpaired) electrons. The Labute approximate surface area is 133 Å². The van der Waals surface area contributed by atoms with Crippen LogP contribution in [-0.2, 0) is 21.3 Å². The van der Waals surface area contributed by atoms with Crippen molar-refractivity contribution in [3.63, 3.8) is 0 Å². The van der Waals surface area contributed by atoms with Gasteiger partial charge in [0.1, 0.15) is 10.7 Å². The molecule has 0 aliphatic carbocycles. The topological polar surface area (TPSA) is 81.4 Å². The highest BCUT2D eigenvalue weighted by atomic mass is 79.9. The lowest BCUT2D eigenvalue weighted by atomic mass is 10.1. The number of nitrogens with two attached hydrogens (primary N) is 1. The van der Waals surface area contributed by atoms with E-state index in [1.54, 1.807) is 0 Å². The predicted molar refractivity (Wildman–Crippen MR) is 82.8 cm³/mol. The van der Waals surface area contributed by atoms with Crippen molar-refractivity contribution in [2.24, 2.45) is 11.7 Å². The first-order valence-corrected chi connectivity index (χ1v) is 8.69. The molecule has 0 saturated heterocycles. The molecule has 0 saturated carbocycles. The highest BCUT2D eigenvalue weighted by Crippen LogP contribution is 2.24. The van der Waals surface area contributed by atoms with Crippen LogP contribution in [-0.4, -0.2) is 28.2 Å². The number of hydrogen-bond acceptors (Lipinski definition) is 4. The van der Waals surface area contributed by atoms with Gasteiger partial charge in [-0.3, -0.25) is 0 Å². The number of benzene rings is 1. The molecule has 0 fully saturated rings. The van der Waals surface area contributed by atoms with Crippen LogP contribution < -0.4 is 10.5 Å². The minimum Gasteiger partial charge on any atom is -0.383 e. The van der Waals surface area contributed by atoms with Crippen molar-refractivity contribution in [1.82, 2.24) is 4.72 Å². The van der Waals surface area contributed by atoms with E-state index in [9.17, 15) is 12.8 Å². The Morgan fingerprint density at radius 2 is 2.05 bits per heavy atom. The van der Waals surface area contributed by atoms with E-state index in [1.165, 1.54) is 19.2 Å². The number of methoxy groups -OCH3 is 1. The summed E-state index contributed by atoms with van der Waals surface area (Å²) in [5, 5.41) is 0. The maximum Gasteiger partial charge on any atom is 0.243 e. The number of ether oxygens (including phenoxy) is 1. The fourth-order valence-electron chi connectivity index (χ4n) is 1.77. The Hall–Kier alpha value is -0.540. The van der Waals surface area contributed by atoms with Gasteiger partial charge in [-0.05, 0) is 18.1 Å². The lowest BCUT2D eigenvalue weighted by Gasteiger charge is -2.22. The molecule has 1 aromatic rings. The molecule has 1 rings (SSSR count). The summed E-state index contributed by atoms with van der Waals surface area (Å²) in [6.45, 7) is 3.83. The van der Waals surface area contributed by atoms with Crippen LogP contribution in [0.3, 0.4) is 0 Å². The summed E-state index contributed by atoms with van der Waals surface area (Å²) < 4.78 is 47.0. The molecule has 1 aromatic carbocycles. The van der Waals surface area contributed by atoms with E-state index in [0.29, 0.717) is 4.47 Å². The molecule has 3 N–H and O–H groups in total. The molecular formula is C13H20BrFN2O3S. The molecule has 0 heterocycles. The van der Waals surface area contributed by atoms with Crippen LogP contribution in [0.5, 0.6) is 0 Å². The third-order valence-corrected chi connectivity index (χ3v) is 4.99. The van der Waals surface area contributed by atoms with Crippen LogP contribution in [0.1, 0.15) is 19.4 Å². The Morgan fingerprint density at radius 1 is 1.43 bits per heavy atom. The highest BCUT2D eigenvalue weighted by molar-refractivity contribution is 9.10. The third-order valence-electron chi connectivity index (χ3n) is 3.05. The number of nitrogens with one attached hydrogen (secondary N) is 1. The van der Waals surface area contributed by atoms with Gasteiger partial charge >= 0.3 is 0 Å². The molecule has 0 aliphatic rings. The van der Waals surface area contributed by atoms with Gasteiger partial charge in [0.2, 0.25) is 10.0 Å². The SMILES string of the molecule is COCC(NS(=O)(=O)c1cc(Br)cc(CN)c1F)C(C)C. The van der Waals surface area contributed by atoms with Gasteiger partial charge in [0, 0.05) is 29.7 Å². The summed E-state index contributed by atoms with van der Waals surface area (Å²) in [5.74, 6) is -0.822. The largest absolute Gasteiger partial charge is 0.383 e. The maximum atomic E-state index is 14.2. The molecule has 8 heteroatoms. The van der Waals surface area contributed by atoms with Gasteiger partial charge in [-0.15, -0.1) is 0 Å². The highest BCUT2D eigenvalue weighted by Gasteiger charge is 2.26. The van der Waals surface area contributed by atoms with Crippen LogP contribution >= 0.6 is 15.9 Å². The molecule has 5 nitrogen and oxygen atoms in total. The third kappa shape index (κ3) is 4.72. The van der Waals surface area contributed by atoms with Crippen LogP contribution in [0.25, 0.3) is 0 Å². The molecular weight excluding hydrogens is 363 g/mol. The van der Waals surface area contributed by atoms with E-state index in [-0.39, 0.29) is 24.6 Å². The molecule has 0 amide bonds. The molecule has 0 bridgehead atoms. The van der Waals surface area contributed by atoms with E-state index in [0.717, 1.165) is 0 Å². The van der Waals surface area contributed by atoms with Gasteiger partial charge in [0.05, 0.1) is 6.61 Å². The Kier molecular flexibility index (Phi) is 6.73. The zero-order valence-corrected chi connectivity index (χ0v) is 14.6. The summed E-state index contributed by atoms with van der Waals surface area (Å²) in [6.07, 6.45) is 0. The van der Waals surface area contributed by atoms with Crippen LogP contribution in [0, 0.1) is 11.7 Å².